The van der Waals surface area contributed by atoms with Crippen LogP contribution in [0.25, 0.3) is 71.8 Å². The monoisotopic (exact) mass is 706 g/mol. The molecule has 0 N–H and O–H groups in total. The highest BCUT2D eigenvalue weighted by atomic mass is 16.3. The van der Waals surface area contributed by atoms with Crippen LogP contribution < -0.4 is 0 Å². The second-order valence-electron chi connectivity index (χ2n) is 13.7. The molecule has 0 aliphatic rings. The molecule has 0 radical (unpaired) electrons. The van der Waals surface area contributed by atoms with Gasteiger partial charge in [-0.1, -0.05) is 183 Å². The van der Waals surface area contributed by atoms with E-state index in [0.29, 0.717) is 11.5 Å². The van der Waals surface area contributed by atoms with Crippen LogP contribution in [0.4, 0.5) is 0 Å². The molecule has 0 spiro atoms. The van der Waals surface area contributed by atoms with Crippen molar-refractivity contribution in [3.63, 3.8) is 0 Å². The lowest BCUT2D eigenvalue weighted by Gasteiger charge is -2.09. The Balaban J connectivity index is 1.15. The molecule has 0 amide bonds. The fourth-order valence-electron chi connectivity index (χ4n) is 7.39. The molecule has 8 aromatic carbocycles. The Hall–Kier alpha value is -7.10. The minimum absolute atomic E-state index is 0.592. The highest BCUT2D eigenvalue weighted by Gasteiger charge is 2.18. The van der Waals surface area contributed by atoms with Crippen molar-refractivity contribution >= 4 is 50.0 Å². The van der Waals surface area contributed by atoms with Crippen LogP contribution in [0.3, 0.4) is 0 Å². The Labute approximate surface area is 321 Å². The summed E-state index contributed by atoms with van der Waals surface area (Å²) in [6.45, 7) is 6.46. The molecule has 1 heterocycles. The molecule has 9 aromatic rings. The van der Waals surface area contributed by atoms with Crippen LogP contribution >= 0.6 is 0 Å². The second kappa shape index (κ2) is 14.7. The zero-order valence-electron chi connectivity index (χ0n) is 30.6. The average Bonchev–Trinajstić information content (AvgIpc) is 3.65. The predicted octanol–water partition coefficient (Wildman–Crippen LogP) is 14.1. The minimum Gasteiger partial charge on any atom is -0.455 e. The van der Waals surface area contributed by atoms with E-state index in [2.05, 4.69) is 147 Å². The number of furan rings is 1. The van der Waals surface area contributed by atoms with Gasteiger partial charge in [-0.2, -0.15) is 0 Å². The standard InChI is InChI=1S/C52H38N2O/c1-3-48(42-19-11-6-12-20-42)54-52(53-35(2)36-15-7-4-8-16-36)44-31-32-46-49(34-44)55-51-47(33-43-21-13-14-22-45(43)50(46)51)41-29-27-40(28-30-41)39-25-23-38(24-26-39)37-17-9-5-10-18-37/h4-34H,2-3H2,1H3. The summed E-state index contributed by atoms with van der Waals surface area (Å²) in [6.07, 6.45) is 0.751. The molecule has 55 heavy (non-hydrogen) atoms. The first-order valence-electron chi connectivity index (χ1n) is 18.7. The quantitative estimate of drug-likeness (QED) is 0.114. The zero-order valence-corrected chi connectivity index (χ0v) is 30.6. The number of hydrogen-bond donors (Lipinski definition) is 0. The van der Waals surface area contributed by atoms with Crippen molar-refractivity contribution in [2.45, 2.75) is 13.3 Å². The van der Waals surface area contributed by atoms with Crippen molar-refractivity contribution < 1.29 is 4.42 Å². The summed E-state index contributed by atoms with van der Waals surface area (Å²) in [5.74, 6) is 0.592. The number of rotatable bonds is 8. The van der Waals surface area contributed by atoms with Crippen LogP contribution in [0, 0.1) is 0 Å². The highest BCUT2D eigenvalue weighted by molar-refractivity contribution is 6.23. The summed E-state index contributed by atoms with van der Waals surface area (Å²) in [5.41, 5.74) is 13.1. The molecule has 0 saturated carbocycles. The van der Waals surface area contributed by atoms with Crippen molar-refractivity contribution in [3.05, 3.63) is 211 Å². The van der Waals surface area contributed by atoms with E-state index in [9.17, 15) is 0 Å². The third-order valence-corrected chi connectivity index (χ3v) is 10.3. The molecule has 0 aliphatic heterocycles. The van der Waals surface area contributed by atoms with Gasteiger partial charge in [-0.05, 0) is 74.3 Å². The van der Waals surface area contributed by atoms with Gasteiger partial charge < -0.3 is 4.42 Å². The van der Waals surface area contributed by atoms with Crippen molar-refractivity contribution in [1.82, 2.24) is 0 Å². The zero-order chi connectivity index (χ0) is 37.1. The Kier molecular flexibility index (Phi) is 9.03. The van der Waals surface area contributed by atoms with Gasteiger partial charge in [0.2, 0.25) is 0 Å². The first-order valence-corrected chi connectivity index (χ1v) is 18.7. The number of benzene rings is 8. The molecule has 9 rings (SSSR count). The second-order valence-corrected chi connectivity index (χ2v) is 13.7. The van der Waals surface area contributed by atoms with Gasteiger partial charge in [0.1, 0.15) is 11.2 Å². The normalized spacial score (nSPS) is 12.1. The van der Waals surface area contributed by atoms with E-state index in [1.54, 1.807) is 0 Å². The Morgan fingerprint density at radius 2 is 1.04 bits per heavy atom. The molecule has 0 bridgehead atoms. The van der Waals surface area contributed by atoms with Crippen LogP contribution in [-0.4, -0.2) is 11.5 Å². The fourth-order valence-corrected chi connectivity index (χ4v) is 7.39. The van der Waals surface area contributed by atoms with E-state index in [1.165, 1.54) is 27.6 Å². The lowest BCUT2D eigenvalue weighted by Crippen LogP contribution is -2.06. The third kappa shape index (κ3) is 6.69. The van der Waals surface area contributed by atoms with E-state index in [-0.39, 0.29) is 0 Å². The van der Waals surface area contributed by atoms with Crippen molar-refractivity contribution in [1.29, 1.82) is 0 Å². The van der Waals surface area contributed by atoms with Gasteiger partial charge in [-0.25, -0.2) is 9.98 Å². The van der Waals surface area contributed by atoms with E-state index in [0.717, 1.165) is 67.3 Å². The summed E-state index contributed by atoms with van der Waals surface area (Å²) in [5, 5.41) is 4.48. The Bertz CT molecular complexity index is 2870. The molecule has 0 fully saturated rings. The lowest BCUT2D eigenvalue weighted by molar-refractivity contribution is 0.670. The van der Waals surface area contributed by atoms with Crippen LogP contribution in [0.5, 0.6) is 0 Å². The van der Waals surface area contributed by atoms with Crippen LogP contribution in [0.2, 0.25) is 0 Å². The maximum absolute atomic E-state index is 6.89. The summed E-state index contributed by atoms with van der Waals surface area (Å²) in [4.78, 5) is 10.2. The largest absolute Gasteiger partial charge is 0.455 e. The Morgan fingerprint density at radius 3 is 1.67 bits per heavy atom. The lowest BCUT2D eigenvalue weighted by atomic mass is 9.94. The van der Waals surface area contributed by atoms with E-state index in [1.807, 2.05) is 54.6 Å². The van der Waals surface area contributed by atoms with Gasteiger partial charge in [0.25, 0.3) is 0 Å². The molecule has 3 heteroatoms. The van der Waals surface area contributed by atoms with Crippen LogP contribution in [0.15, 0.2) is 209 Å². The molecule has 3 nitrogen and oxygen atoms in total. The number of hydrogen-bond acceptors (Lipinski definition) is 2. The van der Waals surface area contributed by atoms with Gasteiger partial charge >= 0.3 is 0 Å². The highest BCUT2D eigenvalue weighted by Crippen LogP contribution is 2.42. The summed E-state index contributed by atoms with van der Waals surface area (Å²) in [7, 11) is 0. The van der Waals surface area contributed by atoms with Crippen LogP contribution in [0.1, 0.15) is 30.0 Å². The summed E-state index contributed by atoms with van der Waals surface area (Å²) in [6, 6.07) is 65.5. The van der Waals surface area contributed by atoms with Crippen LogP contribution in [-0.2, 0) is 0 Å². The molecular weight excluding hydrogens is 669 g/mol. The van der Waals surface area contributed by atoms with Crippen molar-refractivity contribution in [3.8, 4) is 33.4 Å². The maximum Gasteiger partial charge on any atom is 0.160 e. The van der Waals surface area contributed by atoms with Gasteiger partial charge in [0.15, 0.2) is 5.84 Å². The van der Waals surface area contributed by atoms with Crippen molar-refractivity contribution in [2.75, 3.05) is 0 Å². The summed E-state index contributed by atoms with van der Waals surface area (Å²) < 4.78 is 6.89. The van der Waals surface area contributed by atoms with Gasteiger partial charge in [-0.3, -0.25) is 0 Å². The number of amidine groups is 1. The molecule has 1 aromatic heterocycles. The maximum atomic E-state index is 6.89. The molecule has 0 unspecified atom stereocenters. The molecule has 0 saturated heterocycles. The SMILES string of the molecule is C=C(N=C(N=C(CC)c1ccccc1)c1ccc2c(c1)oc1c(-c3ccc(-c4ccc(-c5ccccc5)cc4)cc3)cc3ccccc3c12)c1ccccc1. The van der Waals surface area contributed by atoms with Gasteiger partial charge in [0.05, 0.1) is 5.70 Å². The van der Waals surface area contributed by atoms with E-state index in [4.69, 9.17) is 14.4 Å². The molecule has 0 aliphatic carbocycles. The Morgan fingerprint density at radius 1 is 0.491 bits per heavy atom. The van der Waals surface area contributed by atoms with Gasteiger partial charge in [-0.15, -0.1) is 0 Å². The smallest absolute Gasteiger partial charge is 0.160 e. The first kappa shape index (κ1) is 33.7. The molecule has 0 atom stereocenters. The minimum atomic E-state index is 0.592. The molecule has 262 valence electrons. The third-order valence-electron chi connectivity index (χ3n) is 10.3. The number of nitrogens with zero attached hydrogens (tertiary/aromatic N) is 2. The van der Waals surface area contributed by atoms with E-state index >= 15 is 0 Å². The average molecular weight is 707 g/mol. The summed E-state index contributed by atoms with van der Waals surface area (Å²) >= 11 is 0. The predicted molar refractivity (Wildman–Crippen MR) is 233 cm³/mol. The van der Waals surface area contributed by atoms with Gasteiger partial charge in [0, 0.05) is 27.6 Å². The fraction of sp³-hybridized carbons (Fsp3) is 0.0385. The number of fused-ring (bicyclic) bond motifs is 5. The van der Waals surface area contributed by atoms with E-state index < -0.39 is 0 Å². The van der Waals surface area contributed by atoms with Crippen molar-refractivity contribution in [2.24, 2.45) is 9.98 Å². The topological polar surface area (TPSA) is 37.9 Å². The number of aliphatic imine (C=N–C) groups is 2. The molecular formula is C52H38N2O. The first-order chi connectivity index (χ1) is 27.1.